The molecule has 0 aliphatic carbocycles. The highest BCUT2D eigenvalue weighted by Gasteiger charge is 2.06. The topological polar surface area (TPSA) is 65.3 Å². The second kappa shape index (κ2) is 6.33. The van der Waals surface area contributed by atoms with Crippen molar-refractivity contribution in [2.24, 2.45) is 0 Å². The molecule has 1 aromatic carbocycles. The van der Waals surface area contributed by atoms with Gasteiger partial charge in [0, 0.05) is 18.7 Å². The van der Waals surface area contributed by atoms with E-state index >= 15 is 0 Å². The first kappa shape index (κ1) is 12.8. The minimum absolute atomic E-state index is 0.245. The normalized spacial score (nSPS) is 11.9. The smallest absolute Gasteiger partial charge is 0.101 e. The molecular weight excluding hydrogens is 228 g/mol. The van der Waals surface area contributed by atoms with Crippen molar-refractivity contribution in [3.63, 3.8) is 0 Å². The lowest BCUT2D eigenvalue weighted by molar-refractivity contribution is 0.0727. The highest BCUT2D eigenvalue weighted by Crippen LogP contribution is 2.20. The first-order chi connectivity index (χ1) is 7.67. The Morgan fingerprint density at radius 2 is 2.38 bits per heavy atom. The van der Waals surface area contributed by atoms with Crippen molar-refractivity contribution in [1.82, 2.24) is 0 Å². The van der Waals surface area contributed by atoms with Crippen LogP contribution in [0.3, 0.4) is 0 Å². The van der Waals surface area contributed by atoms with Gasteiger partial charge in [0.25, 0.3) is 0 Å². The van der Waals surface area contributed by atoms with Crippen LogP contribution in [-0.4, -0.2) is 31.5 Å². The van der Waals surface area contributed by atoms with Crippen LogP contribution >= 0.6 is 11.6 Å². The Hall–Kier alpha value is -1.28. The van der Waals surface area contributed by atoms with Gasteiger partial charge < -0.3 is 15.2 Å². The number of rotatable bonds is 5. The molecule has 0 saturated heterocycles. The quantitative estimate of drug-likeness (QED) is 0.821. The van der Waals surface area contributed by atoms with Crippen LogP contribution in [0.1, 0.15) is 5.56 Å². The number of ether oxygens (including phenoxy) is 1. The minimum atomic E-state index is -0.615. The molecule has 5 heteroatoms. The predicted octanol–water partition coefficient (Wildman–Crippen LogP) is 1.63. The zero-order valence-corrected chi connectivity index (χ0v) is 9.66. The van der Waals surface area contributed by atoms with E-state index in [4.69, 9.17) is 21.6 Å². The molecule has 0 radical (unpaired) electrons. The van der Waals surface area contributed by atoms with Gasteiger partial charge in [0.05, 0.1) is 24.0 Å². The van der Waals surface area contributed by atoms with Crippen LogP contribution in [0.4, 0.5) is 5.69 Å². The van der Waals surface area contributed by atoms with Crippen molar-refractivity contribution in [2.75, 3.05) is 25.6 Å². The van der Waals surface area contributed by atoms with Crippen LogP contribution in [0, 0.1) is 11.3 Å². The van der Waals surface area contributed by atoms with Crippen LogP contribution in [0.2, 0.25) is 5.02 Å². The molecule has 1 atom stereocenters. The Bertz CT molecular complexity index is 390. The molecule has 4 nitrogen and oxygen atoms in total. The summed E-state index contributed by atoms with van der Waals surface area (Å²) in [7, 11) is 1.52. The van der Waals surface area contributed by atoms with Crippen LogP contribution in [0.5, 0.6) is 0 Å². The molecule has 0 amide bonds. The van der Waals surface area contributed by atoms with Crippen molar-refractivity contribution in [2.45, 2.75) is 6.10 Å². The van der Waals surface area contributed by atoms with Gasteiger partial charge in [-0.05, 0) is 18.2 Å². The zero-order chi connectivity index (χ0) is 12.0. The third-order valence-electron chi connectivity index (χ3n) is 1.99. The number of anilines is 1. The number of hydrogen-bond acceptors (Lipinski definition) is 4. The van der Waals surface area contributed by atoms with Gasteiger partial charge in [0.15, 0.2) is 0 Å². The maximum absolute atomic E-state index is 9.44. The average Bonchev–Trinajstić information content (AvgIpc) is 2.27. The van der Waals surface area contributed by atoms with Gasteiger partial charge in [-0.3, -0.25) is 0 Å². The Morgan fingerprint density at radius 1 is 1.62 bits per heavy atom. The summed E-state index contributed by atoms with van der Waals surface area (Å²) in [6.45, 7) is 0.554. The Morgan fingerprint density at radius 3 is 3.00 bits per heavy atom. The van der Waals surface area contributed by atoms with Gasteiger partial charge in [0.1, 0.15) is 6.07 Å². The lowest BCUT2D eigenvalue weighted by Crippen LogP contribution is -2.24. The Labute approximate surface area is 99.4 Å². The first-order valence-electron chi connectivity index (χ1n) is 4.78. The van der Waals surface area contributed by atoms with E-state index in [9.17, 15) is 5.11 Å². The summed E-state index contributed by atoms with van der Waals surface area (Å²) in [4.78, 5) is 0. The molecule has 0 aromatic heterocycles. The molecule has 0 fully saturated rings. The fourth-order valence-electron chi connectivity index (χ4n) is 1.24. The van der Waals surface area contributed by atoms with Crippen LogP contribution in [0.25, 0.3) is 0 Å². The number of aliphatic hydroxyl groups excluding tert-OH is 1. The number of aliphatic hydroxyl groups is 1. The summed E-state index contributed by atoms with van der Waals surface area (Å²) in [6, 6.07) is 6.98. The van der Waals surface area contributed by atoms with E-state index in [1.165, 1.54) is 7.11 Å². The second-order valence-electron chi connectivity index (χ2n) is 3.29. The molecule has 0 heterocycles. The van der Waals surface area contributed by atoms with Crippen LogP contribution < -0.4 is 5.32 Å². The van der Waals surface area contributed by atoms with Crippen molar-refractivity contribution in [3.05, 3.63) is 28.8 Å². The summed E-state index contributed by atoms with van der Waals surface area (Å²) >= 11 is 5.81. The molecule has 2 N–H and O–H groups in total. The van der Waals surface area contributed by atoms with E-state index in [0.717, 1.165) is 0 Å². The van der Waals surface area contributed by atoms with Crippen molar-refractivity contribution in [1.29, 1.82) is 5.26 Å². The van der Waals surface area contributed by atoms with Gasteiger partial charge in [0.2, 0.25) is 0 Å². The van der Waals surface area contributed by atoms with E-state index in [1.54, 1.807) is 18.2 Å². The highest BCUT2D eigenvalue weighted by atomic mass is 35.5. The molecule has 0 saturated carbocycles. The second-order valence-corrected chi connectivity index (χ2v) is 3.73. The fourth-order valence-corrected chi connectivity index (χ4v) is 1.41. The number of benzene rings is 1. The fraction of sp³-hybridized carbons (Fsp3) is 0.364. The third-order valence-corrected chi connectivity index (χ3v) is 2.22. The van der Waals surface area contributed by atoms with Gasteiger partial charge in [-0.1, -0.05) is 11.6 Å². The summed E-state index contributed by atoms with van der Waals surface area (Å²) in [6.07, 6.45) is -0.615. The highest BCUT2D eigenvalue weighted by molar-refractivity contribution is 6.30. The monoisotopic (exact) mass is 240 g/mol. The summed E-state index contributed by atoms with van der Waals surface area (Å²) in [5.41, 5.74) is 1.11. The Kier molecular flexibility index (Phi) is 5.06. The van der Waals surface area contributed by atoms with Crippen molar-refractivity contribution < 1.29 is 9.84 Å². The molecule has 0 bridgehead atoms. The van der Waals surface area contributed by atoms with E-state index < -0.39 is 6.10 Å². The van der Waals surface area contributed by atoms with Crippen LogP contribution in [-0.2, 0) is 4.74 Å². The van der Waals surface area contributed by atoms with Gasteiger partial charge in [-0.2, -0.15) is 5.26 Å². The van der Waals surface area contributed by atoms with E-state index in [2.05, 4.69) is 5.32 Å². The number of methoxy groups -OCH3 is 1. The lowest BCUT2D eigenvalue weighted by atomic mass is 10.2. The molecule has 0 unspecified atom stereocenters. The summed E-state index contributed by atoms with van der Waals surface area (Å²) < 4.78 is 4.79. The van der Waals surface area contributed by atoms with Gasteiger partial charge in [-0.25, -0.2) is 0 Å². The number of nitriles is 1. The van der Waals surface area contributed by atoms with Gasteiger partial charge >= 0.3 is 0 Å². The molecule has 0 aliphatic rings. The van der Waals surface area contributed by atoms with Crippen LogP contribution in [0.15, 0.2) is 18.2 Å². The van der Waals surface area contributed by atoms with Crippen molar-refractivity contribution >= 4 is 17.3 Å². The standard InChI is InChI=1S/C11H13ClN2O2/c1-16-7-10(15)6-14-11-4-9(12)3-2-8(11)5-13/h2-4,10,14-15H,6-7H2,1H3/t10-/m0/s1. The molecule has 86 valence electrons. The van der Waals surface area contributed by atoms with Gasteiger partial charge in [-0.15, -0.1) is 0 Å². The number of hydrogen-bond donors (Lipinski definition) is 2. The molecule has 16 heavy (non-hydrogen) atoms. The Balaban J connectivity index is 2.66. The maximum atomic E-state index is 9.44. The predicted molar refractivity (Wildman–Crippen MR) is 62.5 cm³/mol. The molecule has 0 aliphatic heterocycles. The number of nitrogens with zero attached hydrogens (tertiary/aromatic N) is 1. The van der Waals surface area contributed by atoms with E-state index in [1.807, 2.05) is 6.07 Å². The molecular formula is C11H13ClN2O2. The van der Waals surface area contributed by atoms with E-state index in [0.29, 0.717) is 22.8 Å². The average molecular weight is 241 g/mol. The molecule has 1 aromatic rings. The number of nitrogens with one attached hydrogen (secondary N) is 1. The maximum Gasteiger partial charge on any atom is 0.101 e. The zero-order valence-electron chi connectivity index (χ0n) is 8.90. The molecule has 1 rings (SSSR count). The minimum Gasteiger partial charge on any atom is -0.389 e. The summed E-state index contributed by atoms with van der Waals surface area (Å²) in [5.74, 6) is 0. The SMILES string of the molecule is COC[C@@H](O)CNc1cc(Cl)ccc1C#N. The van der Waals surface area contributed by atoms with E-state index in [-0.39, 0.29) is 6.61 Å². The third kappa shape index (κ3) is 3.70. The lowest BCUT2D eigenvalue weighted by Gasteiger charge is -2.12. The molecule has 0 spiro atoms. The largest absolute Gasteiger partial charge is 0.389 e. The van der Waals surface area contributed by atoms with Crippen molar-refractivity contribution in [3.8, 4) is 6.07 Å². The first-order valence-corrected chi connectivity index (χ1v) is 5.15. The summed E-state index contributed by atoms with van der Waals surface area (Å²) in [5, 5.41) is 21.8. The number of halogens is 1.